The normalized spacial score (nSPS) is 10.8. The molecule has 1 aromatic carbocycles. The van der Waals surface area contributed by atoms with Crippen molar-refractivity contribution in [3.8, 4) is 0 Å². The van der Waals surface area contributed by atoms with E-state index >= 15 is 0 Å². The van der Waals surface area contributed by atoms with E-state index in [2.05, 4.69) is 29.5 Å². The summed E-state index contributed by atoms with van der Waals surface area (Å²) < 4.78 is 6.01. The highest BCUT2D eigenvalue weighted by Gasteiger charge is 2.10. The van der Waals surface area contributed by atoms with Gasteiger partial charge in [0.1, 0.15) is 5.52 Å². The van der Waals surface area contributed by atoms with Gasteiger partial charge in [-0.1, -0.05) is 31.2 Å². The zero-order chi connectivity index (χ0) is 18.2. The summed E-state index contributed by atoms with van der Waals surface area (Å²) in [7, 11) is 0. The van der Waals surface area contributed by atoms with Crippen molar-refractivity contribution in [3.05, 3.63) is 34.6 Å². The second kappa shape index (κ2) is 8.91. The van der Waals surface area contributed by atoms with Gasteiger partial charge in [-0.2, -0.15) is 0 Å². The van der Waals surface area contributed by atoms with E-state index in [0.29, 0.717) is 23.4 Å². The zero-order valence-electron chi connectivity index (χ0n) is 14.4. The fourth-order valence-corrected chi connectivity index (χ4v) is 2.14. The van der Waals surface area contributed by atoms with E-state index < -0.39 is 5.97 Å². The van der Waals surface area contributed by atoms with Gasteiger partial charge < -0.3 is 10.1 Å². The average molecular weight is 346 g/mol. The first-order valence-corrected chi connectivity index (χ1v) is 8.22. The lowest BCUT2D eigenvalue weighted by atomic mass is 10.1. The molecule has 0 radical (unpaired) electrons. The highest BCUT2D eigenvalue weighted by atomic mass is 16.5. The van der Waals surface area contributed by atoms with Crippen molar-refractivity contribution in [1.82, 2.24) is 20.3 Å². The average Bonchev–Trinajstić information content (AvgIpc) is 2.59. The monoisotopic (exact) mass is 346 g/mol. The van der Waals surface area contributed by atoms with E-state index in [1.54, 1.807) is 24.3 Å². The molecule has 25 heavy (non-hydrogen) atoms. The highest BCUT2D eigenvalue weighted by Crippen LogP contribution is 2.03. The SMILES string of the molecule is CC(C)CCNC(=O)COC(=O)CCn1nnc2ccccc2c1=O. The van der Waals surface area contributed by atoms with Crippen LogP contribution in [0.3, 0.4) is 0 Å². The molecule has 0 fully saturated rings. The number of amides is 1. The van der Waals surface area contributed by atoms with Crippen molar-refractivity contribution in [1.29, 1.82) is 0 Å². The maximum atomic E-state index is 12.2. The molecule has 2 rings (SSSR count). The number of aromatic nitrogens is 3. The van der Waals surface area contributed by atoms with Gasteiger partial charge in [-0.15, -0.1) is 5.10 Å². The van der Waals surface area contributed by atoms with Gasteiger partial charge in [-0.3, -0.25) is 14.4 Å². The minimum Gasteiger partial charge on any atom is -0.456 e. The molecule has 0 aliphatic heterocycles. The van der Waals surface area contributed by atoms with Gasteiger partial charge >= 0.3 is 5.97 Å². The molecule has 8 heteroatoms. The van der Waals surface area contributed by atoms with Gasteiger partial charge in [0.25, 0.3) is 11.5 Å². The molecule has 8 nitrogen and oxygen atoms in total. The summed E-state index contributed by atoms with van der Waals surface area (Å²) in [5.74, 6) is -0.415. The van der Waals surface area contributed by atoms with Crippen molar-refractivity contribution in [2.24, 2.45) is 5.92 Å². The van der Waals surface area contributed by atoms with Crippen molar-refractivity contribution >= 4 is 22.8 Å². The maximum absolute atomic E-state index is 12.2. The third kappa shape index (κ3) is 5.66. The molecule has 0 saturated heterocycles. The lowest BCUT2D eigenvalue weighted by Gasteiger charge is -2.08. The van der Waals surface area contributed by atoms with Crippen LogP contribution in [0.25, 0.3) is 10.9 Å². The highest BCUT2D eigenvalue weighted by molar-refractivity contribution is 5.80. The first-order chi connectivity index (χ1) is 12.0. The molecule has 1 aromatic heterocycles. The molecule has 0 atom stereocenters. The van der Waals surface area contributed by atoms with Crippen molar-refractivity contribution < 1.29 is 14.3 Å². The van der Waals surface area contributed by atoms with Crippen LogP contribution in [0.4, 0.5) is 0 Å². The second-order valence-corrected chi connectivity index (χ2v) is 6.08. The largest absolute Gasteiger partial charge is 0.456 e. The number of rotatable bonds is 8. The van der Waals surface area contributed by atoms with Crippen LogP contribution in [-0.4, -0.2) is 40.0 Å². The van der Waals surface area contributed by atoms with E-state index in [1.807, 2.05) is 0 Å². The molecular formula is C17H22N4O4. The van der Waals surface area contributed by atoms with Gasteiger partial charge in [-0.25, -0.2) is 4.68 Å². The predicted octanol–water partition coefficient (Wildman–Crippen LogP) is 0.887. The maximum Gasteiger partial charge on any atom is 0.308 e. The van der Waals surface area contributed by atoms with E-state index in [9.17, 15) is 14.4 Å². The summed E-state index contributed by atoms with van der Waals surface area (Å²) in [4.78, 5) is 35.5. The molecule has 2 aromatic rings. The van der Waals surface area contributed by atoms with Gasteiger partial charge in [0.05, 0.1) is 18.4 Å². The van der Waals surface area contributed by atoms with Crippen LogP contribution < -0.4 is 10.9 Å². The minimum absolute atomic E-state index is 0.0461. The number of nitrogens with zero attached hydrogens (tertiary/aromatic N) is 3. The Kier molecular flexibility index (Phi) is 6.62. The number of carbonyl (C=O) groups excluding carboxylic acids is 2. The Morgan fingerprint density at radius 2 is 2.04 bits per heavy atom. The third-order valence-corrected chi connectivity index (χ3v) is 3.57. The summed E-state index contributed by atoms with van der Waals surface area (Å²) in [5, 5.41) is 10.9. The van der Waals surface area contributed by atoms with E-state index in [4.69, 9.17) is 4.74 Å². The smallest absolute Gasteiger partial charge is 0.308 e. The summed E-state index contributed by atoms with van der Waals surface area (Å²) in [5.41, 5.74) is 0.189. The van der Waals surface area contributed by atoms with Crippen LogP contribution in [0.15, 0.2) is 29.1 Å². The molecule has 1 amide bonds. The Labute approximate surface area is 145 Å². The molecule has 0 saturated carbocycles. The third-order valence-electron chi connectivity index (χ3n) is 3.57. The first-order valence-electron chi connectivity index (χ1n) is 8.22. The Balaban J connectivity index is 1.79. The van der Waals surface area contributed by atoms with Crippen molar-refractivity contribution in [2.75, 3.05) is 13.2 Å². The van der Waals surface area contributed by atoms with Crippen LogP contribution in [-0.2, 0) is 20.9 Å². The molecule has 0 aliphatic carbocycles. The van der Waals surface area contributed by atoms with Gasteiger partial charge in [0.2, 0.25) is 0 Å². The van der Waals surface area contributed by atoms with Gasteiger partial charge in [0.15, 0.2) is 6.61 Å². The summed E-state index contributed by atoms with van der Waals surface area (Å²) in [6.07, 6.45) is 0.801. The van der Waals surface area contributed by atoms with Crippen LogP contribution in [0.2, 0.25) is 0 Å². The molecule has 1 heterocycles. The first kappa shape index (κ1) is 18.6. The summed E-state index contributed by atoms with van der Waals surface area (Å²) >= 11 is 0. The number of ether oxygens (including phenoxy) is 1. The number of hydrogen-bond acceptors (Lipinski definition) is 6. The fourth-order valence-electron chi connectivity index (χ4n) is 2.14. The quantitative estimate of drug-likeness (QED) is 0.712. The van der Waals surface area contributed by atoms with Gasteiger partial charge in [0, 0.05) is 6.54 Å². The lowest BCUT2D eigenvalue weighted by molar-refractivity contribution is -0.148. The number of carbonyl (C=O) groups is 2. The zero-order valence-corrected chi connectivity index (χ0v) is 14.4. The molecule has 0 unspecified atom stereocenters. The Bertz CT molecular complexity index is 801. The molecule has 0 aliphatic rings. The van der Waals surface area contributed by atoms with E-state index in [0.717, 1.165) is 11.1 Å². The van der Waals surface area contributed by atoms with E-state index in [-0.39, 0.29) is 31.0 Å². The number of nitrogens with one attached hydrogen (secondary N) is 1. The number of aryl methyl sites for hydroxylation is 1. The fraction of sp³-hybridized carbons (Fsp3) is 0.471. The molecule has 0 spiro atoms. The Hall–Kier alpha value is -2.77. The summed E-state index contributed by atoms with van der Waals surface area (Å²) in [6, 6.07) is 6.86. The number of hydrogen-bond donors (Lipinski definition) is 1. The van der Waals surface area contributed by atoms with Crippen molar-refractivity contribution in [3.63, 3.8) is 0 Å². The van der Waals surface area contributed by atoms with Gasteiger partial charge in [-0.05, 0) is 24.5 Å². The Morgan fingerprint density at radius 3 is 2.80 bits per heavy atom. The molecular weight excluding hydrogens is 324 g/mol. The van der Waals surface area contributed by atoms with Crippen LogP contribution in [0.1, 0.15) is 26.7 Å². The topological polar surface area (TPSA) is 103 Å². The van der Waals surface area contributed by atoms with E-state index in [1.165, 1.54) is 0 Å². The molecule has 134 valence electrons. The standard InChI is InChI=1S/C17H22N4O4/c1-12(2)7-9-18-15(22)11-25-16(23)8-10-21-17(24)13-5-3-4-6-14(13)19-20-21/h3-6,12H,7-11H2,1-2H3,(H,18,22). The van der Waals surface area contributed by atoms with Crippen LogP contribution in [0.5, 0.6) is 0 Å². The Morgan fingerprint density at radius 1 is 1.28 bits per heavy atom. The predicted molar refractivity (Wildman–Crippen MR) is 91.8 cm³/mol. The molecule has 0 bridgehead atoms. The van der Waals surface area contributed by atoms with Crippen molar-refractivity contribution in [2.45, 2.75) is 33.2 Å². The number of fused-ring (bicyclic) bond motifs is 1. The second-order valence-electron chi connectivity index (χ2n) is 6.08. The number of esters is 1. The van der Waals surface area contributed by atoms with Crippen LogP contribution in [0, 0.1) is 5.92 Å². The lowest BCUT2D eigenvalue weighted by Crippen LogP contribution is -2.30. The van der Waals surface area contributed by atoms with Crippen LogP contribution >= 0.6 is 0 Å². The number of benzene rings is 1. The molecule has 1 N–H and O–H groups in total. The minimum atomic E-state index is -0.569. The summed E-state index contributed by atoms with van der Waals surface area (Å²) in [6.45, 7) is 4.39.